The third kappa shape index (κ3) is 3.93. The van der Waals surface area contributed by atoms with Gasteiger partial charge < -0.3 is 10.2 Å². The van der Waals surface area contributed by atoms with Crippen LogP contribution in [0.4, 0.5) is 0 Å². The number of rotatable bonds is 4. The Balaban J connectivity index is 2.43. The van der Waals surface area contributed by atoms with Crippen molar-refractivity contribution in [2.45, 2.75) is 13.0 Å². The van der Waals surface area contributed by atoms with E-state index in [2.05, 4.69) is 33.1 Å². The van der Waals surface area contributed by atoms with Crippen molar-refractivity contribution in [3.8, 4) is 0 Å². The van der Waals surface area contributed by atoms with E-state index in [1.54, 1.807) is 0 Å². The number of hydrogen-bond acceptors (Lipinski definition) is 3. The Labute approximate surface area is 103 Å². The van der Waals surface area contributed by atoms with Crippen LogP contribution in [0.25, 0.3) is 0 Å². The standard InChI is InChI=1S/C10H15BrN2OS/c1-7(13(2)3)6-12-10(14)8-4-5-9(11)15-8/h4-5,7H,6H2,1-3H3,(H,12,14). The molecule has 0 bridgehead atoms. The molecule has 1 aromatic heterocycles. The molecule has 1 aromatic rings. The summed E-state index contributed by atoms with van der Waals surface area (Å²) in [5.74, 6) is -0.000556. The van der Waals surface area contributed by atoms with Crippen molar-refractivity contribution in [1.82, 2.24) is 10.2 Å². The third-order valence-electron chi connectivity index (χ3n) is 2.24. The second-order valence-corrected chi connectivity index (χ2v) is 6.09. The molecule has 0 aliphatic carbocycles. The molecule has 1 N–H and O–H groups in total. The number of hydrogen-bond donors (Lipinski definition) is 1. The van der Waals surface area contributed by atoms with Crippen LogP contribution in [-0.4, -0.2) is 37.5 Å². The highest BCUT2D eigenvalue weighted by molar-refractivity contribution is 9.11. The molecule has 0 aromatic carbocycles. The van der Waals surface area contributed by atoms with Gasteiger partial charge in [0.05, 0.1) is 8.66 Å². The number of nitrogens with one attached hydrogen (secondary N) is 1. The topological polar surface area (TPSA) is 32.3 Å². The van der Waals surface area contributed by atoms with Crippen LogP contribution in [0.1, 0.15) is 16.6 Å². The lowest BCUT2D eigenvalue weighted by molar-refractivity contribution is 0.0948. The Hall–Kier alpha value is -0.390. The summed E-state index contributed by atoms with van der Waals surface area (Å²) < 4.78 is 0.980. The predicted molar refractivity (Wildman–Crippen MR) is 67.5 cm³/mol. The van der Waals surface area contributed by atoms with E-state index in [4.69, 9.17) is 0 Å². The van der Waals surface area contributed by atoms with Crippen LogP contribution >= 0.6 is 27.3 Å². The molecule has 0 fully saturated rings. The van der Waals surface area contributed by atoms with Crippen LogP contribution in [0.2, 0.25) is 0 Å². The molecular formula is C10H15BrN2OS. The number of amides is 1. The maximum atomic E-state index is 11.6. The fraction of sp³-hybridized carbons (Fsp3) is 0.500. The van der Waals surface area contributed by atoms with Gasteiger partial charge in [0, 0.05) is 12.6 Å². The van der Waals surface area contributed by atoms with Crippen LogP contribution in [-0.2, 0) is 0 Å². The molecule has 1 atom stereocenters. The fourth-order valence-electron chi connectivity index (χ4n) is 0.946. The first-order valence-electron chi connectivity index (χ1n) is 4.70. The number of likely N-dealkylation sites (N-methyl/N-ethyl adjacent to an activating group) is 1. The summed E-state index contributed by atoms with van der Waals surface area (Å²) in [6, 6.07) is 4.05. The van der Waals surface area contributed by atoms with E-state index in [0.717, 1.165) is 8.66 Å². The van der Waals surface area contributed by atoms with Crippen molar-refractivity contribution >= 4 is 33.2 Å². The van der Waals surface area contributed by atoms with E-state index < -0.39 is 0 Å². The molecule has 0 aliphatic rings. The Kier molecular flexibility index (Phi) is 4.76. The Morgan fingerprint density at radius 1 is 1.60 bits per heavy atom. The second kappa shape index (κ2) is 5.63. The summed E-state index contributed by atoms with van der Waals surface area (Å²) in [7, 11) is 4.00. The molecule has 0 saturated carbocycles. The molecule has 3 nitrogen and oxygen atoms in total. The number of halogens is 1. The molecule has 0 saturated heterocycles. The SMILES string of the molecule is CC(CNC(=O)c1ccc(Br)s1)N(C)C. The highest BCUT2D eigenvalue weighted by Gasteiger charge is 2.10. The Morgan fingerprint density at radius 3 is 2.73 bits per heavy atom. The predicted octanol–water partition coefficient (Wildman–Crippen LogP) is 2.19. The van der Waals surface area contributed by atoms with Crippen molar-refractivity contribution < 1.29 is 4.79 Å². The van der Waals surface area contributed by atoms with Gasteiger partial charge in [-0.2, -0.15) is 0 Å². The number of nitrogens with zero attached hydrogens (tertiary/aromatic N) is 1. The molecule has 1 rings (SSSR count). The molecule has 5 heteroatoms. The second-order valence-electron chi connectivity index (χ2n) is 3.63. The number of thiophene rings is 1. The van der Waals surface area contributed by atoms with Gasteiger partial charge in [0.1, 0.15) is 0 Å². The Morgan fingerprint density at radius 2 is 2.27 bits per heavy atom. The quantitative estimate of drug-likeness (QED) is 0.922. The molecule has 0 radical (unpaired) electrons. The Bertz CT molecular complexity index is 338. The van der Waals surface area contributed by atoms with Gasteiger partial charge >= 0.3 is 0 Å². The van der Waals surface area contributed by atoms with E-state index in [1.807, 2.05) is 26.2 Å². The van der Waals surface area contributed by atoms with E-state index in [0.29, 0.717) is 12.6 Å². The molecule has 15 heavy (non-hydrogen) atoms. The minimum atomic E-state index is -0.000556. The zero-order valence-electron chi connectivity index (χ0n) is 9.08. The van der Waals surface area contributed by atoms with Gasteiger partial charge in [-0.15, -0.1) is 11.3 Å². The maximum Gasteiger partial charge on any atom is 0.261 e. The zero-order valence-corrected chi connectivity index (χ0v) is 11.5. The van der Waals surface area contributed by atoms with E-state index in [9.17, 15) is 4.79 Å². The third-order valence-corrected chi connectivity index (χ3v) is 3.86. The fourth-order valence-corrected chi connectivity index (χ4v) is 2.25. The van der Waals surface area contributed by atoms with Gasteiger partial charge in [-0.25, -0.2) is 0 Å². The van der Waals surface area contributed by atoms with Crippen molar-refractivity contribution in [3.05, 3.63) is 20.8 Å². The van der Waals surface area contributed by atoms with Crippen LogP contribution in [0.3, 0.4) is 0 Å². The van der Waals surface area contributed by atoms with Crippen LogP contribution in [0.15, 0.2) is 15.9 Å². The molecule has 0 spiro atoms. The molecule has 0 aliphatic heterocycles. The van der Waals surface area contributed by atoms with E-state index in [1.165, 1.54) is 11.3 Å². The first-order valence-corrected chi connectivity index (χ1v) is 6.31. The zero-order chi connectivity index (χ0) is 11.4. The lowest BCUT2D eigenvalue weighted by Gasteiger charge is -2.19. The minimum Gasteiger partial charge on any atom is -0.350 e. The van der Waals surface area contributed by atoms with Gasteiger partial charge in [-0.05, 0) is 49.1 Å². The van der Waals surface area contributed by atoms with Crippen molar-refractivity contribution in [1.29, 1.82) is 0 Å². The van der Waals surface area contributed by atoms with Crippen LogP contribution in [0.5, 0.6) is 0 Å². The van der Waals surface area contributed by atoms with Gasteiger partial charge in [0.25, 0.3) is 5.91 Å². The maximum absolute atomic E-state index is 11.6. The van der Waals surface area contributed by atoms with Crippen LogP contribution < -0.4 is 5.32 Å². The van der Waals surface area contributed by atoms with E-state index in [-0.39, 0.29) is 5.91 Å². The van der Waals surface area contributed by atoms with Gasteiger partial charge in [-0.3, -0.25) is 4.79 Å². The summed E-state index contributed by atoms with van der Waals surface area (Å²) in [6.45, 7) is 2.74. The van der Waals surface area contributed by atoms with Gasteiger partial charge in [0.15, 0.2) is 0 Å². The lowest BCUT2D eigenvalue weighted by atomic mass is 10.3. The number of carbonyl (C=O) groups is 1. The molecule has 1 amide bonds. The lowest BCUT2D eigenvalue weighted by Crippen LogP contribution is -2.37. The normalized spacial score (nSPS) is 12.9. The molecule has 1 heterocycles. The first kappa shape index (κ1) is 12.7. The summed E-state index contributed by atoms with van der Waals surface area (Å²) in [4.78, 5) is 14.5. The van der Waals surface area contributed by atoms with Gasteiger partial charge in [0.2, 0.25) is 0 Å². The highest BCUT2D eigenvalue weighted by Crippen LogP contribution is 2.21. The average Bonchev–Trinajstić information content (AvgIpc) is 2.60. The molecule has 84 valence electrons. The largest absolute Gasteiger partial charge is 0.350 e. The number of carbonyl (C=O) groups excluding carboxylic acids is 1. The van der Waals surface area contributed by atoms with E-state index >= 15 is 0 Å². The van der Waals surface area contributed by atoms with Crippen molar-refractivity contribution in [2.24, 2.45) is 0 Å². The van der Waals surface area contributed by atoms with Gasteiger partial charge in [-0.1, -0.05) is 0 Å². The smallest absolute Gasteiger partial charge is 0.261 e. The molecule has 1 unspecified atom stereocenters. The summed E-state index contributed by atoms with van der Waals surface area (Å²) in [6.07, 6.45) is 0. The summed E-state index contributed by atoms with van der Waals surface area (Å²) >= 11 is 4.78. The monoisotopic (exact) mass is 290 g/mol. The average molecular weight is 291 g/mol. The summed E-state index contributed by atoms with van der Waals surface area (Å²) in [5.41, 5.74) is 0. The van der Waals surface area contributed by atoms with Crippen molar-refractivity contribution in [3.63, 3.8) is 0 Å². The van der Waals surface area contributed by atoms with Crippen LogP contribution in [0, 0.1) is 0 Å². The van der Waals surface area contributed by atoms with Crippen molar-refractivity contribution in [2.75, 3.05) is 20.6 Å². The molecular weight excluding hydrogens is 276 g/mol. The highest BCUT2D eigenvalue weighted by atomic mass is 79.9. The summed E-state index contributed by atoms with van der Waals surface area (Å²) in [5, 5.41) is 2.90. The first-order chi connectivity index (χ1) is 7.00. The minimum absolute atomic E-state index is 0.000556.